The average molecular weight is 298 g/mol. The number of aromatic nitrogens is 3. The van der Waals surface area contributed by atoms with Gasteiger partial charge in [0.2, 0.25) is 0 Å². The average Bonchev–Trinajstić information content (AvgIpc) is 2.55. The summed E-state index contributed by atoms with van der Waals surface area (Å²) in [6.45, 7) is 4.96. The molecule has 22 heavy (non-hydrogen) atoms. The van der Waals surface area contributed by atoms with Crippen LogP contribution < -0.4 is 4.74 Å². The zero-order valence-corrected chi connectivity index (χ0v) is 13.2. The first-order valence-corrected chi connectivity index (χ1v) is 7.82. The molecule has 0 N–H and O–H groups in total. The van der Waals surface area contributed by atoms with E-state index in [1.165, 1.54) is 16.8 Å². The minimum atomic E-state index is 0.808. The van der Waals surface area contributed by atoms with Crippen LogP contribution in [-0.2, 0) is 25.9 Å². The van der Waals surface area contributed by atoms with Crippen LogP contribution in [0.5, 0.6) is 5.75 Å². The number of fused-ring (bicyclic) bond motifs is 1. The van der Waals surface area contributed by atoms with Gasteiger partial charge >= 0.3 is 0 Å². The molecule has 0 spiro atoms. The molecule has 0 bridgehead atoms. The number of aryl methyl sites for hydroxylation is 1. The van der Waals surface area contributed by atoms with Crippen LogP contribution in [-0.4, -0.2) is 33.5 Å². The monoisotopic (exact) mass is 298 g/mol. The molecule has 0 fully saturated rings. The van der Waals surface area contributed by atoms with Gasteiger partial charge in [0.25, 0.3) is 0 Å². The smallest absolute Gasteiger partial charge is 0.137 e. The number of methoxy groups -OCH3 is 1. The molecule has 3 heterocycles. The van der Waals surface area contributed by atoms with E-state index in [-0.39, 0.29) is 0 Å². The fourth-order valence-electron chi connectivity index (χ4n) is 2.81. The zero-order chi connectivity index (χ0) is 15.4. The Labute approximate surface area is 131 Å². The van der Waals surface area contributed by atoms with Gasteiger partial charge in [-0.1, -0.05) is 6.92 Å². The van der Waals surface area contributed by atoms with Gasteiger partial charge in [-0.25, -0.2) is 9.97 Å². The highest BCUT2D eigenvalue weighted by atomic mass is 16.5. The first kappa shape index (κ1) is 14.9. The van der Waals surface area contributed by atoms with Crippen LogP contribution in [0.3, 0.4) is 0 Å². The molecular weight excluding hydrogens is 276 g/mol. The summed E-state index contributed by atoms with van der Waals surface area (Å²) in [5.74, 6) is 1.79. The van der Waals surface area contributed by atoms with E-state index in [0.717, 1.165) is 50.5 Å². The van der Waals surface area contributed by atoms with E-state index < -0.39 is 0 Å². The normalized spacial score (nSPS) is 14.6. The molecule has 1 aliphatic rings. The van der Waals surface area contributed by atoms with E-state index in [1.807, 2.05) is 18.5 Å². The predicted octanol–water partition coefficient (Wildman–Crippen LogP) is 2.39. The fraction of sp³-hybridized carbons (Fsp3) is 0.471. The van der Waals surface area contributed by atoms with Crippen molar-refractivity contribution in [1.82, 2.24) is 19.9 Å². The van der Waals surface area contributed by atoms with E-state index >= 15 is 0 Å². The first-order valence-electron chi connectivity index (χ1n) is 7.82. The molecule has 5 heteroatoms. The van der Waals surface area contributed by atoms with E-state index in [0.29, 0.717) is 0 Å². The van der Waals surface area contributed by atoms with Gasteiger partial charge in [-0.3, -0.25) is 9.88 Å². The number of hydrogen-bond donors (Lipinski definition) is 0. The highest BCUT2D eigenvalue weighted by molar-refractivity contribution is 5.25. The first-order chi connectivity index (χ1) is 10.8. The number of pyridine rings is 1. The molecule has 2 aromatic heterocycles. The van der Waals surface area contributed by atoms with Crippen molar-refractivity contribution in [2.24, 2.45) is 0 Å². The van der Waals surface area contributed by atoms with Crippen LogP contribution in [0, 0.1) is 0 Å². The Morgan fingerprint density at radius 1 is 1.27 bits per heavy atom. The lowest BCUT2D eigenvalue weighted by Gasteiger charge is -2.28. The van der Waals surface area contributed by atoms with Crippen LogP contribution in [0.4, 0.5) is 0 Å². The summed E-state index contributed by atoms with van der Waals surface area (Å²) in [6, 6.07) is 2.05. The third kappa shape index (κ3) is 3.42. The Morgan fingerprint density at radius 3 is 3.00 bits per heavy atom. The Morgan fingerprint density at radius 2 is 2.18 bits per heavy atom. The molecule has 0 unspecified atom stereocenters. The van der Waals surface area contributed by atoms with Gasteiger partial charge in [0, 0.05) is 56.1 Å². The van der Waals surface area contributed by atoms with Gasteiger partial charge in [0.1, 0.15) is 11.6 Å². The summed E-state index contributed by atoms with van der Waals surface area (Å²) >= 11 is 0. The second-order valence-corrected chi connectivity index (χ2v) is 5.70. The molecule has 116 valence electrons. The molecule has 0 atom stereocenters. The van der Waals surface area contributed by atoms with Gasteiger partial charge in [-0.2, -0.15) is 0 Å². The Hall–Kier alpha value is -2.01. The molecule has 0 saturated heterocycles. The van der Waals surface area contributed by atoms with Crippen molar-refractivity contribution in [3.63, 3.8) is 0 Å². The molecule has 5 nitrogen and oxygen atoms in total. The molecular formula is C17H22N4O. The van der Waals surface area contributed by atoms with Gasteiger partial charge in [-0.15, -0.1) is 0 Å². The maximum atomic E-state index is 5.24. The van der Waals surface area contributed by atoms with E-state index in [9.17, 15) is 0 Å². The second-order valence-electron chi connectivity index (χ2n) is 5.70. The molecule has 0 amide bonds. The quantitative estimate of drug-likeness (QED) is 0.848. The van der Waals surface area contributed by atoms with Crippen molar-refractivity contribution >= 4 is 0 Å². The van der Waals surface area contributed by atoms with Gasteiger partial charge < -0.3 is 4.74 Å². The Balaban J connectivity index is 1.68. The predicted molar refractivity (Wildman–Crippen MR) is 84.6 cm³/mol. The molecule has 2 aromatic rings. The number of hydrogen-bond acceptors (Lipinski definition) is 5. The molecule has 0 aliphatic carbocycles. The Bertz CT molecular complexity index is 644. The summed E-state index contributed by atoms with van der Waals surface area (Å²) in [5, 5.41) is 0. The minimum Gasteiger partial charge on any atom is -0.495 e. The number of rotatable bonds is 5. The largest absolute Gasteiger partial charge is 0.495 e. The highest BCUT2D eigenvalue weighted by Crippen LogP contribution is 2.20. The van der Waals surface area contributed by atoms with Crippen molar-refractivity contribution in [2.75, 3.05) is 13.7 Å². The fourth-order valence-corrected chi connectivity index (χ4v) is 2.81. The van der Waals surface area contributed by atoms with Crippen molar-refractivity contribution < 1.29 is 4.74 Å². The lowest BCUT2D eigenvalue weighted by Crippen LogP contribution is -2.31. The summed E-state index contributed by atoms with van der Waals surface area (Å²) < 4.78 is 5.24. The third-order valence-electron chi connectivity index (χ3n) is 3.95. The van der Waals surface area contributed by atoms with E-state index in [4.69, 9.17) is 9.72 Å². The molecule has 0 radical (unpaired) electrons. The van der Waals surface area contributed by atoms with Crippen LogP contribution >= 0.6 is 0 Å². The topological polar surface area (TPSA) is 51.1 Å². The zero-order valence-electron chi connectivity index (χ0n) is 13.2. The van der Waals surface area contributed by atoms with E-state index in [1.54, 1.807) is 13.3 Å². The second kappa shape index (κ2) is 6.83. The SMILES string of the molecule is CCCc1ncc2c(n1)CCN(Cc1cncc(OC)c1)C2. The van der Waals surface area contributed by atoms with Crippen LogP contribution in [0.15, 0.2) is 24.7 Å². The van der Waals surface area contributed by atoms with Crippen LogP contribution in [0.25, 0.3) is 0 Å². The van der Waals surface area contributed by atoms with Gasteiger partial charge in [0.05, 0.1) is 13.3 Å². The van der Waals surface area contributed by atoms with Crippen LogP contribution in [0.1, 0.15) is 36.0 Å². The standard InChI is InChI=1S/C17H22N4O/c1-3-4-17-19-9-14-12-21(6-5-16(14)20-17)11-13-7-15(22-2)10-18-8-13/h7-10H,3-6,11-12H2,1-2H3. The minimum absolute atomic E-state index is 0.808. The van der Waals surface area contributed by atoms with Crippen molar-refractivity contribution in [3.8, 4) is 5.75 Å². The van der Waals surface area contributed by atoms with Crippen molar-refractivity contribution in [1.29, 1.82) is 0 Å². The van der Waals surface area contributed by atoms with Crippen molar-refractivity contribution in [3.05, 3.63) is 47.3 Å². The summed E-state index contributed by atoms with van der Waals surface area (Å²) in [6.07, 6.45) is 8.69. The Kier molecular flexibility index (Phi) is 4.63. The van der Waals surface area contributed by atoms with Gasteiger partial charge in [-0.05, 0) is 18.1 Å². The molecule has 3 rings (SSSR count). The van der Waals surface area contributed by atoms with E-state index in [2.05, 4.69) is 21.8 Å². The lowest BCUT2D eigenvalue weighted by molar-refractivity contribution is 0.242. The van der Waals surface area contributed by atoms with Crippen molar-refractivity contribution in [2.45, 2.75) is 39.3 Å². The summed E-state index contributed by atoms with van der Waals surface area (Å²) in [5.41, 5.74) is 3.65. The maximum Gasteiger partial charge on any atom is 0.137 e. The summed E-state index contributed by atoms with van der Waals surface area (Å²) in [7, 11) is 1.67. The molecule has 0 saturated carbocycles. The maximum absolute atomic E-state index is 5.24. The number of ether oxygens (including phenoxy) is 1. The number of nitrogens with zero attached hydrogens (tertiary/aromatic N) is 4. The van der Waals surface area contributed by atoms with Crippen LogP contribution in [0.2, 0.25) is 0 Å². The molecule has 1 aliphatic heterocycles. The summed E-state index contributed by atoms with van der Waals surface area (Å²) in [4.78, 5) is 15.8. The lowest BCUT2D eigenvalue weighted by atomic mass is 10.1. The highest BCUT2D eigenvalue weighted by Gasteiger charge is 2.18. The molecule has 0 aromatic carbocycles. The van der Waals surface area contributed by atoms with Gasteiger partial charge in [0.15, 0.2) is 0 Å². The third-order valence-corrected chi connectivity index (χ3v) is 3.95.